The largest absolute Gasteiger partial charge is 0.373 e. The van der Waals surface area contributed by atoms with Crippen molar-refractivity contribution >= 4 is 15.9 Å². The summed E-state index contributed by atoms with van der Waals surface area (Å²) in [7, 11) is 1.67. The SMILES string of the molecule is C=CC(CC(OC)c1nc(Br)n[nH]1)C(=C)/C(C)=C\C=C/C(C)CC. The lowest BCUT2D eigenvalue weighted by molar-refractivity contribution is 0.0823. The minimum atomic E-state index is -0.188. The molecule has 0 bridgehead atoms. The number of ether oxygens (including phenoxy) is 1. The maximum Gasteiger partial charge on any atom is 0.217 e. The summed E-state index contributed by atoms with van der Waals surface area (Å²) in [4.78, 5) is 4.29. The molecule has 0 aliphatic rings. The molecule has 3 atom stereocenters. The third-order valence-electron chi connectivity index (χ3n) is 4.20. The van der Waals surface area contributed by atoms with Crippen LogP contribution < -0.4 is 0 Å². The molecule has 0 aliphatic carbocycles. The first-order chi connectivity index (χ1) is 11.4. The van der Waals surface area contributed by atoms with Gasteiger partial charge in [0.1, 0.15) is 6.10 Å². The van der Waals surface area contributed by atoms with E-state index >= 15 is 0 Å². The van der Waals surface area contributed by atoms with E-state index in [9.17, 15) is 0 Å². The monoisotopic (exact) mass is 393 g/mol. The molecule has 3 unspecified atom stereocenters. The Morgan fingerprint density at radius 2 is 2.17 bits per heavy atom. The predicted octanol–water partition coefficient (Wildman–Crippen LogP) is 5.55. The van der Waals surface area contributed by atoms with E-state index in [1.807, 2.05) is 6.08 Å². The van der Waals surface area contributed by atoms with E-state index in [1.54, 1.807) is 7.11 Å². The molecule has 1 rings (SSSR count). The highest BCUT2D eigenvalue weighted by molar-refractivity contribution is 9.10. The zero-order chi connectivity index (χ0) is 18.1. The number of allylic oxidation sites excluding steroid dienone is 6. The molecule has 4 nitrogen and oxygen atoms in total. The van der Waals surface area contributed by atoms with Gasteiger partial charge in [-0.2, -0.15) is 0 Å². The number of methoxy groups -OCH3 is 1. The van der Waals surface area contributed by atoms with Gasteiger partial charge in [-0.3, -0.25) is 5.10 Å². The van der Waals surface area contributed by atoms with Gasteiger partial charge in [0.15, 0.2) is 5.82 Å². The van der Waals surface area contributed by atoms with Gasteiger partial charge in [-0.15, -0.1) is 11.7 Å². The number of aromatic amines is 1. The van der Waals surface area contributed by atoms with Crippen molar-refractivity contribution in [2.75, 3.05) is 7.11 Å². The lowest BCUT2D eigenvalue weighted by Crippen LogP contribution is -2.11. The lowest BCUT2D eigenvalue weighted by atomic mass is 9.89. The molecule has 1 aromatic heterocycles. The molecule has 0 aromatic carbocycles. The summed E-state index contributed by atoms with van der Waals surface area (Å²) in [5.74, 6) is 1.38. The molecular formula is C19H28BrN3O. The van der Waals surface area contributed by atoms with Crippen LogP contribution in [0.1, 0.15) is 45.5 Å². The van der Waals surface area contributed by atoms with E-state index < -0.39 is 0 Å². The standard InChI is InChI=1S/C19H28BrN3O/c1-7-13(3)10-9-11-14(4)15(5)16(8-2)12-17(24-6)18-21-19(20)23-22-18/h8-11,13,16-17H,2,5,7,12H2,1,3-4,6H3,(H,21,22,23)/b10-9-,14-11-. The molecule has 1 heterocycles. The molecule has 24 heavy (non-hydrogen) atoms. The summed E-state index contributed by atoms with van der Waals surface area (Å²) in [6.45, 7) is 14.7. The van der Waals surface area contributed by atoms with Gasteiger partial charge < -0.3 is 4.74 Å². The van der Waals surface area contributed by atoms with Crippen LogP contribution in [0.2, 0.25) is 0 Å². The summed E-state index contributed by atoms with van der Waals surface area (Å²) in [6, 6.07) is 0. The second kappa shape index (κ2) is 10.4. The number of rotatable bonds is 10. The molecule has 0 fully saturated rings. The first-order valence-corrected chi connectivity index (χ1v) is 8.99. The molecule has 132 valence electrons. The number of nitrogens with zero attached hydrogens (tertiary/aromatic N) is 2. The van der Waals surface area contributed by atoms with Crippen LogP contribution in [0.25, 0.3) is 0 Å². The van der Waals surface area contributed by atoms with E-state index in [4.69, 9.17) is 4.74 Å². The van der Waals surface area contributed by atoms with Gasteiger partial charge in [-0.25, -0.2) is 4.98 Å². The number of H-pyrrole nitrogens is 1. The molecule has 0 aliphatic heterocycles. The number of halogens is 1. The molecular weight excluding hydrogens is 366 g/mol. The van der Waals surface area contributed by atoms with Crippen LogP contribution in [0.15, 0.2) is 53.3 Å². The Morgan fingerprint density at radius 3 is 2.67 bits per heavy atom. The predicted molar refractivity (Wildman–Crippen MR) is 104 cm³/mol. The van der Waals surface area contributed by atoms with Crippen LogP contribution in [-0.4, -0.2) is 22.3 Å². The van der Waals surface area contributed by atoms with Crippen LogP contribution in [0.5, 0.6) is 0 Å². The smallest absolute Gasteiger partial charge is 0.217 e. The fourth-order valence-electron chi connectivity index (χ4n) is 2.25. The Bertz CT molecular complexity index is 604. The van der Waals surface area contributed by atoms with Crippen molar-refractivity contribution in [2.24, 2.45) is 11.8 Å². The zero-order valence-corrected chi connectivity index (χ0v) is 16.6. The first-order valence-electron chi connectivity index (χ1n) is 8.20. The summed E-state index contributed by atoms with van der Waals surface area (Å²) >= 11 is 3.25. The minimum Gasteiger partial charge on any atom is -0.373 e. The van der Waals surface area contributed by atoms with E-state index in [2.05, 4.69) is 83.3 Å². The highest BCUT2D eigenvalue weighted by Gasteiger charge is 2.21. The zero-order valence-electron chi connectivity index (χ0n) is 15.1. The van der Waals surface area contributed by atoms with Gasteiger partial charge >= 0.3 is 0 Å². The Labute approximate surface area is 153 Å². The summed E-state index contributed by atoms with van der Waals surface area (Å²) in [6.07, 6.45) is 10.0. The van der Waals surface area contributed by atoms with Gasteiger partial charge in [0.2, 0.25) is 4.73 Å². The molecule has 0 saturated carbocycles. The Balaban J connectivity index is 2.80. The molecule has 1 aromatic rings. The molecule has 0 saturated heterocycles. The Kier molecular flexibility index (Phi) is 8.93. The van der Waals surface area contributed by atoms with Gasteiger partial charge in [0, 0.05) is 13.0 Å². The van der Waals surface area contributed by atoms with Gasteiger partial charge in [0.25, 0.3) is 0 Å². The second-order valence-corrected chi connectivity index (χ2v) is 6.65. The second-order valence-electron chi connectivity index (χ2n) is 5.94. The van der Waals surface area contributed by atoms with Gasteiger partial charge in [0.05, 0.1) is 0 Å². The molecule has 0 radical (unpaired) electrons. The van der Waals surface area contributed by atoms with Crippen molar-refractivity contribution in [3.63, 3.8) is 0 Å². The van der Waals surface area contributed by atoms with E-state index in [1.165, 1.54) is 0 Å². The maximum absolute atomic E-state index is 5.56. The average Bonchev–Trinajstić information content (AvgIpc) is 3.01. The number of hydrogen-bond donors (Lipinski definition) is 1. The normalized spacial score (nSPS) is 16.1. The fourth-order valence-corrected chi connectivity index (χ4v) is 2.53. The summed E-state index contributed by atoms with van der Waals surface area (Å²) in [5, 5.41) is 6.88. The summed E-state index contributed by atoms with van der Waals surface area (Å²) < 4.78 is 6.09. The van der Waals surface area contributed by atoms with E-state index in [0.717, 1.165) is 17.6 Å². The molecule has 1 N–H and O–H groups in total. The van der Waals surface area contributed by atoms with Crippen molar-refractivity contribution in [1.82, 2.24) is 15.2 Å². The van der Waals surface area contributed by atoms with Gasteiger partial charge in [-0.05, 0) is 46.3 Å². The maximum atomic E-state index is 5.56. The van der Waals surface area contributed by atoms with Crippen LogP contribution in [0.4, 0.5) is 0 Å². The van der Waals surface area contributed by atoms with Crippen LogP contribution in [0, 0.1) is 11.8 Å². The van der Waals surface area contributed by atoms with Crippen molar-refractivity contribution in [3.05, 3.63) is 59.2 Å². The van der Waals surface area contributed by atoms with E-state index in [-0.39, 0.29) is 12.0 Å². The summed E-state index contributed by atoms with van der Waals surface area (Å²) in [5.41, 5.74) is 2.19. The molecule has 0 amide bonds. The van der Waals surface area contributed by atoms with Crippen molar-refractivity contribution in [2.45, 2.75) is 39.7 Å². The highest BCUT2D eigenvalue weighted by atomic mass is 79.9. The fraction of sp³-hybridized carbons (Fsp3) is 0.474. The molecule has 0 spiro atoms. The van der Waals surface area contributed by atoms with Crippen molar-refractivity contribution in [1.29, 1.82) is 0 Å². The average molecular weight is 394 g/mol. The Hall–Kier alpha value is -1.46. The number of nitrogens with one attached hydrogen (secondary N) is 1. The highest BCUT2D eigenvalue weighted by Crippen LogP contribution is 2.30. The number of aromatic nitrogens is 3. The van der Waals surface area contributed by atoms with Crippen LogP contribution in [0.3, 0.4) is 0 Å². The van der Waals surface area contributed by atoms with Crippen molar-refractivity contribution in [3.8, 4) is 0 Å². The topological polar surface area (TPSA) is 50.8 Å². The minimum absolute atomic E-state index is 0.104. The van der Waals surface area contributed by atoms with Crippen LogP contribution >= 0.6 is 15.9 Å². The van der Waals surface area contributed by atoms with Crippen LogP contribution in [-0.2, 0) is 4.74 Å². The molecule has 5 heteroatoms. The quantitative estimate of drug-likeness (QED) is 0.418. The lowest BCUT2D eigenvalue weighted by Gasteiger charge is -2.21. The third-order valence-corrected chi connectivity index (χ3v) is 4.56. The van der Waals surface area contributed by atoms with Gasteiger partial charge in [-0.1, -0.05) is 51.2 Å². The van der Waals surface area contributed by atoms with Crippen molar-refractivity contribution < 1.29 is 4.74 Å². The first kappa shape index (κ1) is 20.6. The number of hydrogen-bond acceptors (Lipinski definition) is 3. The Morgan fingerprint density at radius 1 is 1.46 bits per heavy atom. The van der Waals surface area contributed by atoms with E-state index in [0.29, 0.717) is 22.9 Å². The third kappa shape index (κ3) is 6.21.